The van der Waals surface area contributed by atoms with Gasteiger partial charge in [0, 0.05) is 30.9 Å². The molecule has 0 aliphatic rings. The van der Waals surface area contributed by atoms with Crippen LogP contribution in [-0.4, -0.2) is 26.7 Å². The lowest BCUT2D eigenvalue weighted by molar-refractivity contribution is 0.111. The van der Waals surface area contributed by atoms with Crippen LogP contribution in [0.2, 0.25) is 0 Å². The fourth-order valence-electron chi connectivity index (χ4n) is 2.15. The zero-order valence-corrected chi connectivity index (χ0v) is 11.8. The van der Waals surface area contributed by atoms with Crippen molar-refractivity contribution in [3.8, 4) is 17.2 Å². The van der Waals surface area contributed by atoms with Crippen molar-refractivity contribution in [3.63, 3.8) is 0 Å². The highest BCUT2D eigenvalue weighted by atomic mass is 16.1. The third-order valence-electron chi connectivity index (χ3n) is 3.28. The van der Waals surface area contributed by atoms with Crippen molar-refractivity contribution in [3.05, 3.63) is 53.1 Å². The summed E-state index contributed by atoms with van der Waals surface area (Å²) < 4.78 is 0. The van der Waals surface area contributed by atoms with E-state index in [0.29, 0.717) is 34.1 Å². The lowest BCUT2D eigenvalue weighted by Gasteiger charge is -2.15. The molecule has 2 rings (SSSR count). The van der Waals surface area contributed by atoms with Crippen LogP contribution in [0, 0.1) is 11.3 Å². The van der Waals surface area contributed by atoms with Gasteiger partial charge in [0.25, 0.3) is 0 Å². The van der Waals surface area contributed by atoms with Crippen molar-refractivity contribution in [1.29, 1.82) is 5.26 Å². The summed E-state index contributed by atoms with van der Waals surface area (Å²) in [5.41, 5.74) is 3.56. The van der Waals surface area contributed by atoms with Gasteiger partial charge >= 0.3 is 0 Å². The summed E-state index contributed by atoms with van der Waals surface area (Å²) >= 11 is 0. The Balaban J connectivity index is 2.64. The van der Waals surface area contributed by atoms with Crippen molar-refractivity contribution in [2.24, 2.45) is 0 Å². The second kappa shape index (κ2) is 6.02. The maximum Gasteiger partial charge on any atom is 0.150 e. The number of hydrogen-bond donors (Lipinski definition) is 0. The van der Waals surface area contributed by atoms with E-state index in [4.69, 9.17) is 5.26 Å². The Hall–Kier alpha value is -2.93. The molecule has 0 unspecified atom stereocenters. The normalized spacial score (nSPS) is 9.76. The largest absolute Gasteiger partial charge is 0.378 e. The molecule has 0 radical (unpaired) electrons. The van der Waals surface area contributed by atoms with Gasteiger partial charge in [-0.2, -0.15) is 5.26 Å². The quantitative estimate of drug-likeness (QED) is 0.807. The molecule has 21 heavy (non-hydrogen) atoms. The molecule has 0 bridgehead atoms. The number of aldehydes is 2. The van der Waals surface area contributed by atoms with Crippen molar-refractivity contribution < 1.29 is 9.59 Å². The summed E-state index contributed by atoms with van der Waals surface area (Å²) in [4.78, 5) is 24.5. The highest BCUT2D eigenvalue weighted by molar-refractivity contribution is 5.95. The van der Waals surface area contributed by atoms with Crippen molar-refractivity contribution in [2.75, 3.05) is 19.0 Å². The van der Waals surface area contributed by atoms with E-state index < -0.39 is 0 Å². The average molecular weight is 278 g/mol. The van der Waals surface area contributed by atoms with Gasteiger partial charge in [0.05, 0.1) is 11.6 Å². The van der Waals surface area contributed by atoms with Gasteiger partial charge in [-0.15, -0.1) is 0 Å². The molecule has 0 spiro atoms. The van der Waals surface area contributed by atoms with Gasteiger partial charge in [0.15, 0.2) is 12.6 Å². The van der Waals surface area contributed by atoms with E-state index in [1.807, 2.05) is 37.2 Å². The van der Waals surface area contributed by atoms with Crippen LogP contribution < -0.4 is 4.90 Å². The lowest BCUT2D eigenvalue weighted by atomic mass is 9.94. The summed E-state index contributed by atoms with van der Waals surface area (Å²) in [6.07, 6.45) is 1.47. The number of carbonyl (C=O) groups is 2. The summed E-state index contributed by atoms with van der Waals surface area (Å²) in [6.45, 7) is 0. The van der Waals surface area contributed by atoms with E-state index in [2.05, 4.69) is 0 Å². The first-order chi connectivity index (χ1) is 10.1. The van der Waals surface area contributed by atoms with Crippen LogP contribution in [0.5, 0.6) is 0 Å². The Bertz CT molecular complexity index is 743. The molecule has 0 fully saturated rings. The Morgan fingerprint density at radius 1 is 0.952 bits per heavy atom. The molecule has 2 aromatic rings. The molecule has 104 valence electrons. The van der Waals surface area contributed by atoms with Gasteiger partial charge in [-0.1, -0.05) is 12.1 Å². The van der Waals surface area contributed by atoms with Crippen LogP contribution in [0.25, 0.3) is 11.1 Å². The molecule has 4 heteroatoms. The first-order valence-corrected chi connectivity index (χ1v) is 6.37. The van der Waals surface area contributed by atoms with Crippen LogP contribution >= 0.6 is 0 Å². The SMILES string of the molecule is CN(C)c1ccc(-c2ccc(C#N)cc2C=O)c(C=O)c1. The predicted molar refractivity (Wildman–Crippen MR) is 81.7 cm³/mol. The zero-order chi connectivity index (χ0) is 15.4. The standard InChI is InChI=1S/C17H14N2O2/c1-19(2)15-4-6-17(14(8-15)11-21)16-5-3-12(9-18)7-13(16)10-20/h3-8,10-11H,1-2H3. The van der Waals surface area contributed by atoms with Crippen molar-refractivity contribution in [1.82, 2.24) is 0 Å². The van der Waals surface area contributed by atoms with Crippen LogP contribution in [0.1, 0.15) is 26.3 Å². The predicted octanol–water partition coefficient (Wildman–Crippen LogP) is 2.92. The minimum Gasteiger partial charge on any atom is -0.378 e. The summed E-state index contributed by atoms with van der Waals surface area (Å²) in [5.74, 6) is 0. The van der Waals surface area contributed by atoms with E-state index in [1.165, 1.54) is 6.07 Å². The van der Waals surface area contributed by atoms with E-state index in [-0.39, 0.29) is 0 Å². The third kappa shape index (κ3) is 2.82. The van der Waals surface area contributed by atoms with Gasteiger partial charge in [0.2, 0.25) is 0 Å². The summed E-state index contributed by atoms with van der Waals surface area (Å²) in [5, 5.41) is 8.89. The average Bonchev–Trinajstić information content (AvgIpc) is 2.53. The Labute approximate surface area is 123 Å². The molecule has 0 amide bonds. The minimum absolute atomic E-state index is 0.398. The lowest BCUT2D eigenvalue weighted by Crippen LogP contribution is -2.09. The topological polar surface area (TPSA) is 61.2 Å². The van der Waals surface area contributed by atoms with Gasteiger partial charge in [-0.25, -0.2) is 0 Å². The van der Waals surface area contributed by atoms with Crippen LogP contribution in [0.4, 0.5) is 5.69 Å². The van der Waals surface area contributed by atoms with Gasteiger partial charge in [-0.3, -0.25) is 9.59 Å². The molecule has 0 aliphatic carbocycles. The van der Waals surface area contributed by atoms with Gasteiger partial charge in [-0.05, 0) is 35.4 Å². The second-order valence-corrected chi connectivity index (χ2v) is 4.82. The second-order valence-electron chi connectivity index (χ2n) is 4.82. The van der Waals surface area contributed by atoms with Crippen LogP contribution in [0.3, 0.4) is 0 Å². The molecule has 0 N–H and O–H groups in total. The van der Waals surface area contributed by atoms with Crippen LogP contribution in [-0.2, 0) is 0 Å². The fourth-order valence-corrected chi connectivity index (χ4v) is 2.15. The molecule has 0 heterocycles. The number of anilines is 1. The number of carbonyl (C=O) groups excluding carboxylic acids is 2. The smallest absolute Gasteiger partial charge is 0.150 e. The molecule has 0 aromatic heterocycles. The zero-order valence-electron chi connectivity index (χ0n) is 11.8. The summed E-state index contributed by atoms with van der Waals surface area (Å²) in [6, 6.07) is 12.3. The highest BCUT2D eigenvalue weighted by Crippen LogP contribution is 2.29. The monoisotopic (exact) mass is 278 g/mol. The first-order valence-electron chi connectivity index (χ1n) is 6.37. The number of benzene rings is 2. The number of nitriles is 1. The van der Waals surface area contributed by atoms with E-state index in [9.17, 15) is 9.59 Å². The molecule has 4 nitrogen and oxygen atoms in total. The third-order valence-corrected chi connectivity index (χ3v) is 3.28. The fraction of sp³-hybridized carbons (Fsp3) is 0.118. The van der Waals surface area contributed by atoms with Gasteiger partial charge < -0.3 is 4.90 Å². The van der Waals surface area contributed by atoms with E-state index in [1.54, 1.807) is 18.2 Å². The van der Waals surface area contributed by atoms with E-state index in [0.717, 1.165) is 12.0 Å². The van der Waals surface area contributed by atoms with Crippen molar-refractivity contribution >= 4 is 18.3 Å². The molecule has 2 aromatic carbocycles. The number of rotatable bonds is 4. The molecular formula is C17H14N2O2. The van der Waals surface area contributed by atoms with E-state index >= 15 is 0 Å². The Morgan fingerprint density at radius 3 is 2.05 bits per heavy atom. The van der Waals surface area contributed by atoms with Crippen LogP contribution in [0.15, 0.2) is 36.4 Å². The number of hydrogen-bond acceptors (Lipinski definition) is 4. The highest BCUT2D eigenvalue weighted by Gasteiger charge is 2.11. The molecular weight excluding hydrogens is 264 g/mol. The molecule has 0 aliphatic heterocycles. The molecule has 0 saturated heterocycles. The van der Waals surface area contributed by atoms with Gasteiger partial charge in [0.1, 0.15) is 0 Å². The summed E-state index contributed by atoms with van der Waals surface area (Å²) in [7, 11) is 3.78. The molecule has 0 atom stereocenters. The number of nitrogens with zero attached hydrogens (tertiary/aromatic N) is 2. The minimum atomic E-state index is 0.398. The maximum atomic E-state index is 11.3. The maximum absolute atomic E-state index is 11.3. The first kappa shape index (κ1) is 14.5. The van der Waals surface area contributed by atoms with Crippen molar-refractivity contribution in [2.45, 2.75) is 0 Å². The molecule has 0 saturated carbocycles. The Kier molecular flexibility index (Phi) is 4.15. The Morgan fingerprint density at radius 2 is 1.52 bits per heavy atom.